The molecule has 0 amide bonds. The second-order valence-corrected chi connectivity index (χ2v) is 3.60. The van der Waals surface area contributed by atoms with Crippen molar-refractivity contribution in [3.8, 4) is 0 Å². The molecule has 0 aliphatic rings. The van der Waals surface area contributed by atoms with Gasteiger partial charge in [-0.25, -0.2) is 10.2 Å². The summed E-state index contributed by atoms with van der Waals surface area (Å²) in [5.41, 5.74) is 6.48. The Hall–Kier alpha value is -1.21. The fourth-order valence-electron chi connectivity index (χ4n) is 1.08. The smallest absolute Gasteiger partial charge is 0.181 e. The van der Waals surface area contributed by atoms with Gasteiger partial charge in [-0.05, 0) is 6.07 Å². The second kappa shape index (κ2) is 2.93. The van der Waals surface area contributed by atoms with Gasteiger partial charge in [-0.15, -0.1) is 0 Å². The van der Waals surface area contributed by atoms with E-state index in [1.807, 2.05) is 0 Å². The lowest BCUT2D eigenvalue weighted by Gasteiger charge is -2.10. The molecule has 0 radical (unpaired) electrons. The third kappa shape index (κ3) is 1.47. The molecule has 2 rings (SSSR count). The van der Waals surface area contributed by atoms with Crippen LogP contribution >= 0.6 is 11.3 Å². The van der Waals surface area contributed by atoms with Crippen molar-refractivity contribution in [2.45, 2.75) is 0 Å². The summed E-state index contributed by atoms with van der Waals surface area (Å²) in [6.45, 7) is 0. The third-order valence-electron chi connectivity index (χ3n) is 1.65. The van der Waals surface area contributed by atoms with Crippen LogP contribution in [0.5, 0.6) is 0 Å². The first-order valence-corrected chi connectivity index (χ1v) is 4.38. The maximum Gasteiger partial charge on any atom is 0.181 e. The molecule has 2 aromatic rings. The first kappa shape index (κ1) is 8.39. The summed E-state index contributed by atoms with van der Waals surface area (Å²) in [7, 11) is 0. The van der Waals surface area contributed by atoms with Crippen LogP contribution in [-0.2, 0) is 0 Å². The van der Waals surface area contributed by atoms with Crippen LogP contribution in [0, 0.1) is 5.21 Å². The van der Waals surface area contributed by atoms with Crippen LogP contribution in [0.4, 0.5) is 10.8 Å². The third-order valence-corrected chi connectivity index (χ3v) is 2.50. The molecule has 0 bridgehead atoms. The molecule has 0 aliphatic heterocycles. The molecule has 0 aliphatic carbocycles. The van der Waals surface area contributed by atoms with Crippen LogP contribution in [0.3, 0.4) is 0 Å². The van der Waals surface area contributed by atoms with Gasteiger partial charge in [0.25, 0.3) is 0 Å². The topological polar surface area (TPSA) is 86.6 Å². The van der Waals surface area contributed by atoms with E-state index in [9.17, 15) is 5.21 Å². The zero-order chi connectivity index (χ0) is 9.42. The van der Waals surface area contributed by atoms with E-state index in [0.29, 0.717) is 5.13 Å². The molecular weight excluding hydrogens is 190 g/mol. The lowest BCUT2D eigenvalue weighted by molar-refractivity contribution is -0.991. The Labute approximate surface area is 77.6 Å². The number of benzene rings is 1. The average Bonchev–Trinajstić information content (AvgIpc) is 2.42. The van der Waals surface area contributed by atoms with Crippen LogP contribution in [-0.4, -0.2) is 10.2 Å². The number of quaternary nitrogens is 1. The van der Waals surface area contributed by atoms with Gasteiger partial charge in [-0.1, -0.05) is 11.3 Å². The number of nitrogen functional groups attached to an aromatic ring is 1. The van der Waals surface area contributed by atoms with E-state index in [-0.39, 0.29) is 5.69 Å². The van der Waals surface area contributed by atoms with Gasteiger partial charge in [-0.3, -0.25) is 0 Å². The number of thiazole rings is 1. The minimum Gasteiger partial charge on any atom is -0.595 e. The molecule has 4 N–H and O–H groups in total. The Balaban J connectivity index is 2.61. The van der Waals surface area contributed by atoms with Crippen molar-refractivity contribution < 1.29 is 10.4 Å². The van der Waals surface area contributed by atoms with E-state index >= 15 is 0 Å². The van der Waals surface area contributed by atoms with Crippen molar-refractivity contribution in [3.05, 3.63) is 23.4 Å². The molecule has 1 unspecified atom stereocenters. The molecule has 6 heteroatoms. The van der Waals surface area contributed by atoms with Crippen LogP contribution in [0.1, 0.15) is 0 Å². The highest BCUT2D eigenvalue weighted by Gasteiger charge is 2.05. The van der Waals surface area contributed by atoms with Crippen LogP contribution in [0.2, 0.25) is 0 Å². The molecule has 1 atom stereocenters. The van der Waals surface area contributed by atoms with Gasteiger partial charge >= 0.3 is 0 Å². The molecule has 1 aromatic carbocycles. The molecule has 0 fully saturated rings. The lowest BCUT2D eigenvalue weighted by Crippen LogP contribution is -2.99. The number of nitrogens with two attached hydrogens (primary N) is 1. The van der Waals surface area contributed by atoms with E-state index in [2.05, 4.69) is 4.98 Å². The largest absolute Gasteiger partial charge is 0.595 e. The molecule has 0 spiro atoms. The van der Waals surface area contributed by atoms with Crippen molar-refractivity contribution in [2.24, 2.45) is 0 Å². The standard InChI is InChI=1S/C7H7N3O2S/c8-7-9-5-2-1-4(10(11)12)3-6(5)13-7/h1-3,10-11H,(H2,8,9). The number of nitrogens with zero attached hydrogens (tertiary/aromatic N) is 1. The van der Waals surface area contributed by atoms with E-state index in [1.165, 1.54) is 17.4 Å². The first-order chi connectivity index (χ1) is 6.16. The summed E-state index contributed by atoms with van der Waals surface area (Å²) in [6.07, 6.45) is 0. The van der Waals surface area contributed by atoms with Crippen LogP contribution in [0.15, 0.2) is 18.2 Å². The number of fused-ring (bicyclic) bond motifs is 1. The van der Waals surface area contributed by atoms with Crippen molar-refractivity contribution in [1.82, 2.24) is 4.98 Å². The number of aromatic nitrogens is 1. The lowest BCUT2D eigenvalue weighted by atomic mass is 10.3. The van der Waals surface area contributed by atoms with Gasteiger partial charge in [-0.2, -0.15) is 5.23 Å². The van der Waals surface area contributed by atoms with Crippen molar-refractivity contribution in [2.75, 3.05) is 5.73 Å². The average molecular weight is 197 g/mol. The summed E-state index contributed by atoms with van der Waals surface area (Å²) in [4.78, 5) is 4.02. The SMILES string of the molecule is Nc1nc2ccc([NH+]([O-])O)cc2s1. The second-order valence-electron chi connectivity index (χ2n) is 2.54. The highest BCUT2D eigenvalue weighted by Crippen LogP contribution is 2.24. The predicted molar refractivity (Wildman–Crippen MR) is 49.8 cm³/mol. The molecule has 68 valence electrons. The Morgan fingerprint density at radius 1 is 1.54 bits per heavy atom. The normalized spacial score (nSPS) is 13.4. The minimum atomic E-state index is -0.936. The zero-order valence-corrected chi connectivity index (χ0v) is 7.34. The Morgan fingerprint density at radius 2 is 2.31 bits per heavy atom. The van der Waals surface area contributed by atoms with Gasteiger partial charge in [0.15, 0.2) is 10.8 Å². The Kier molecular flexibility index (Phi) is 1.89. The van der Waals surface area contributed by atoms with Gasteiger partial charge in [0.05, 0.1) is 10.2 Å². The van der Waals surface area contributed by atoms with Crippen molar-refractivity contribution in [1.29, 1.82) is 0 Å². The summed E-state index contributed by atoms with van der Waals surface area (Å²) in [6, 6.07) is 4.75. The molecule has 0 saturated heterocycles. The van der Waals surface area contributed by atoms with Gasteiger partial charge in [0, 0.05) is 12.1 Å². The highest BCUT2D eigenvalue weighted by atomic mass is 32.1. The molecule has 1 aromatic heterocycles. The van der Waals surface area contributed by atoms with E-state index < -0.39 is 5.23 Å². The Bertz CT molecular complexity index is 440. The van der Waals surface area contributed by atoms with Crippen LogP contribution in [0.25, 0.3) is 10.2 Å². The number of hydrogen-bond donors (Lipinski definition) is 3. The van der Waals surface area contributed by atoms with Gasteiger partial charge < -0.3 is 10.9 Å². The molecule has 0 saturated carbocycles. The molecule has 13 heavy (non-hydrogen) atoms. The quantitative estimate of drug-likeness (QED) is 0.573. The number of nitrogens with one attached hydrogen (secondary N) is 1. The summed E-state index contributed by atoms with van der Waals surface area (Å²) >= 11 is 1.29. The summed E-state index contributed by atoms with van der Waals surface area (Å²) in [5.74, 6) is 0. The monoisotopic (exact) mass is 197 g/mol. The number of rotatable bonds is 1. The highest BCUT2D eigenvalue weighted by molar-refractivity contribution is 7.22. The fourth-order valence-corrected chi connectivity index (χ4v) is 1.85. The summed E-state index contributed by atoms with van der Waals surface area (Å²) < 4.78 is 0.803. The van der Waals surface area contributed by atoms with Crippen LogP contribution < -0.4 is 11.0 Å². The van der Waals surface area contributed by atoms with Crippen molar-refractivity contribution in [3.63, 3.8) is 0 Å². The Morgan fingerprint density at radius 3 is 3.00 bits per heavy atom. The van der Waals surface area contributed by atoms with Gasteiger partial charge in [0.1, 0.15) is 0 Å². The van der Waals surface area contributed by atoms with Gasteiger partial charge in [0.2, 0.25) is 0 Å². The summed E-state index contributed by atoms with van der Waals surface area (Å²) in [5, 5.41) is 18.8. The minimum absolute atomic E-state index is 0.260. The number of anilines is 1. The van der Waals surface area contributed by atoms with E-state index in [4.69, 9.17) is 10.9 Å². The predicted octanol–water partition coefficient (Wildman–Crippen LogP) is 0.282. The number of hydrogen-bond acceptors (Lipinski definition) is 5. The fraction of sp³-hybridized carbons (Fsp3) is 0. The van der Waals surface area contributed by atoms with E-state index in [0.717, 1.165) is 10.2 Å². The van der Waals surface area contributed by atoms with Crippen molar-refractivity contribution >= 4 is 32.4 Å². The molecule has 1 heterocycles. The maximum atomic E-state index is 10.6. The molecule has 5 nitrogen and oxygen atoms in total. The zero-order valence-electron chi connectivity index (χ0n) is 6.52. The molecular formula is C7H7N3O2S. The first-order valence-electron chi connectivity index (χ1n) is 3.56. The maximum absolute atomic E-state index is 10.6. The van der Waals surface area contributed by atoms with E-state index in [1.54, 1.807) is 12.1 Å².